The van der Waals surface area contributed by atoms with Crippen LogP contribution in [0.1, 0.15) is 32.8 Å². The summed E-state index contributed by atoms with van der Waals surface area (Å²) < 4.78 is 62.1. The lowest BCUT2D eigenvalue weighted by molar-refractivity contribution is -0.0569. The van der Waals surface area contributed by atoms with Gasteiger partial charge in [-0.25, -0.2) is 0 Å². The first kappa shape index (κ1) is 30.9. The van der Waals surface area contributed by atoms with E-state index in [1.54, 1.807) is 12.1 Å². The Hall–Kier alpha value is -1.11. The van der Waals surface area contributed by atoms with Crippen LogP contribution < -0.4 is 0 Å². The SMILES string of the molecule is CCCOCCOC(C)COCCOCC(C)OCCOCCOS(=O)(=O)c1ccc(C)cc1. The third kappa shape index (κ3) is 15.7. The van der Waals surface area contributed by atoms with E-state index < -0.39 is 10.1 Å². The van der Waals surface area contributed by atoms with Crippen LogP contribution in [0.5, 0.6) is 0 Å². The summed E-state index contributed by atoms with van der Waals surface area (Å²) >= 11 is 0. The summed E-state index contributed by atoms with van der Waals surface area (Å²) in [5.74, 6) is 0. The van der Waals surface area contributed by atoms with Gasteiger partial charge in [-0.3, -0.25) is 4.18 Å². The van der Waals surface area contributed by atoms with E-state index in [0.717, 1.165) is 18.6 Å². The van der Waals surface area contributed by atoms with Crippen molar-refractivity contribution in [1.29, 1.82) is 0 Å². The molecule has 0 fully saturated rings. The monoisotopic (exact) mass is 506 g/mol. The summed E-state index contributed by atoms with van der Waals surface area (Å²) in [7, 11) is -3.76. The van der Waals surface area contributed by atoms with Crippen molar-refractivity contribution < 1.29 is 41.0 Å². The average molecular weight is 507 g/mol. The first-order valence-electron chi connectivity index (χ1n) is 11.9. The molecule has 0 aromatic heterocycles. The maximum Gasteiger partial charge on any atom is 0.297 e. The number of benzene rings is 1. The summed E-state index contributed by atoms with van der Waals surface area (Å²) in [5, 5.41) is 0. The molecule has 0 saturated heterocycles. The first-order chi connectivity index (χ1) is 16.3. The number of hydrogen-bond acceptors (Lipinski definition) is 9. The van der Waals surface area contributed by atoms with Gasteiger partial charge in [0, 0.05) is 6.61 Å². The predicted molar refractivity (Wildman–Crippen MR) is 129 cm³/mol. The molecule has 2 unspecified atom stereocenters. The maximum atomic E-state index is 12.1. The molecule has 198 valence electrons. The topological polar surface area (TPSA) is 98.8 Å². The van der Waals surface area contributed by atoms with Gasteiger partial charge in [0.1, 0.15) is 0 Å². The summed E-state index contributed by atoms with van der Waals surface area (Å²) in [5.41, 5.74) is 0.982. The van der Waals surface area contributed by atoms with Crippen molar-refractivity contribution >= 4 is 10.1 Å². The van der Waals surface area contributed by atoms with Gasteiger partial charge >= 0.3 is 0 Å². The quantitative estimate of drug-likeness (QED) is 0.174. The van der Waals surface area contributed by atoms with Gasteiger partial charge in [0.05, 0.1) is 83.2 Å². The molecule has 0 spiro atoms. The fourth-order valence-electron chi connectivity index (χ4n) is 2.65. The molecule has 9 nitrogen and oxygen atoms in total. The Balaban J connectivity index is 1.92. The van der Waals surface area contributed by atoms with Crippen molar-refractivity contribution in [3.05, 3.63) is 29.8 Å². The van der Waals surface area contributed by atoms with Crippen LogP contribution >= 0.6 is 0 Å². The van der Waals surface area contributed by atoms with Gasteiger partial charge < -0.3 is 28.4 Å². The third-order valence-electron chi connectivity index (χ3n) is 4.46. The highest BCUT2D eigenvalue weighted by molar-refractivity contribution is 7.86. The zero-order valence-corrected chi connectivity index (χ0v) is 21.8. The second-order valence-electron chi connectivity index (χ2n) is 7.83. The minimum atomic E-state index is -3.76. The predicted octanol–water partition coefficient (Wildman–Crippen LogP) is 2.99. The van der Waals surface area contributed by atoms with Crippen molar-refractivity contribution in [3.63, 3.8) is 0 Å². The highest BCUT2D eigenvalue weighted by atomic mass is 32.2. The molecule has 1 aromatic rings. The molecule has 0 aliphatic heterocycles. The number of hydrogen-bond donors (Lipinski definition) is 0. The van der Waals surface area contributed by atoms with E-state index in [1.807, 2.05) is 20.8 Å². The minimum Gasteiger partial charge on any atom is -0.379 e. The summed E-state index contributed by atoms with van der Waals surface area (Å²) in [4.78, 5) is 0.136. The molecule has 0 bridgehead atoms. The van der Waals surface area contributed by atoms with Gasteiger partial charge in [-0.2, -0.15) is 8.42 Å². The van der Waals surface area contributed by atoms with E-state index in [1.165, 1.54) is 12.1 Å². The van der Waals surface area contributed by atoms with Gasteiger partial charge in [0.2, 0.25) is 0 Å². The van der Waals surface area contributed by atoms with Crippen molar-refractivity contribution in [2.24, 2.45) is 0 Å². The maximum absolute atomic E-state index is 12.1. The normalized spacial score (nSPS) is 13.8. The van der Waals surface area contributed by atoms with Crippen LogP contribution in [0.4, 0.5) is 0 Å². The highest BCUT2D eigenvalue weighted by Crippen LogP contribution is 2.12. The van der Waals surface area contributed by atoms with Crippen molar-refractivity contribution in [2.75, 3.05) is 72.7 Å². The largest absolute Gasteiger partial charge is 0.379 e. The van der Waals surface area contributed by atoms with E-state index in [-0.39, 0.29) is 30.3 Å². The molecular weight excluding hydrogens is 464 g/mol. The Morgan fingerprint density at radius 1 is 0.676 bits per heavy atom. The van der Waals surface area contributed by atoms with Crippen molar-refractivity contribution in [2.45, 2.75) is 51.2 Å². The highest BCUT2D eigenvalue weighted by Gasteiger charge is 2.14. The molecule has 0 aliphatic carbocycles. The Kier molecular flexibility index (Phi) is 17.4. The van der Waals surface area contributed by atoms with E-state index in [0.29, 0.717) is 52.9 Å². The molecule has 0 radical (unpaired) electrons. The molecule has 0 aliphatic rings. The summed E-state index contributed by atoms with van der Waals surface area (Å²) in [6.45, 7) is 12.5. The van der Waals surface area contributed by atoms with Crippen molar-refractivity contribution in [1.82, 2.24) is 0 Å². The van der Waals surface area contributed by atoms with Gasteiger partial charge in [0.15, 0.2) is 0 Å². The van der Waals surface area contributed by atoms with Crippen LogP contribution in [0.2, 0.25) is 0 Å². The lowest BCUT2D eigenvalue weighted by Crippen LogP contribution is -2.22. The number of aryl methyl sites for hydroxylation is 1. The summed E-state index contributed by atoms with van der Waals surface area (Å²) in [6, 6.07) is 6.50. The zero-order chi connectivity index (χ0) is 25.1. The smallest absolute Gasteiger partial charge is 0.297 e. The van der Waals surface area contributed by atoms with E-state index in [4.69, 9.17) is 32.6 Å². The molecular formula is C24H42O9S. The van der Waals surface area contributed by atoms with Crippen LogP contribution in [0.3, 0.4) is 0 Å². The van der Waals surface area contributed by atoms with Gasteiger partial charge in [0.25, 0.3) is 10.1 Å². The Morgan fingerprint density at radius 3 is 1.68 bits per heavy atom. The van der Waals surface area contributed by atoms with Crippen LogP contribution in [-0.4, -0.2) is 93.3 Å². The van der Waals surface area contributed by atoms with Gasteiger partial charge in [-0.05, 0) is 39.3 Å². The molecule has 0 heterocycles. The second-order valence-corrected chi connectivity index (χ2v) is 9.44. The third-order valence-corrected chi connectivity index (χ3v) is 5.79. The lowest BCUT2D eigenvalue weighted by atomic mass is 10.2. The Morgan fingerprint density at radius 2 is 1.15 bits per heavy atom. The van der Waals surface area contributed by atoms with Crippen LogP contribution in [-0.2, 0) is 42.7 Å². The molecule has 0 amide bonds. The lowest BCUT2D eigenvalue weighted by Gasteiger charge is -2.15. The standard InChI is InChI=1S/C24H42O9S/c1-5-10-27-13-16-31-22(3)19-29-11-12-30-20-23(4)32-17-14-28-15-18-33-34(25,26)24-8-6-21(2)7-9-24/h6-9,22-23H,5,10-20H2,1-4H3. The molecule has 0 N–H and O–H groups in total. The fraction of sp³-hybridized carbons (Fsp3) is 0.750. The molecule has 34 heavy (non-hydrogen) atoms. The molecule has 0 saturated carbocycles. The minimum absolute atomic E-state index is 0.0144. The van der Waals surface area contributed by atoms with Gasteiger partial charge in [-0.1, -0.05) is 24.6 Å². The van der Waals surface area contributed by atoms with Crippen LogP contribution in [0.25, 0.3) is 0 Å². The number of rotatable bonds is 22. The zero-order valence-electron chi connectivity index (χ0n) is 21.0. The first-order valence-corrected chi connectivity index (χ1v) is 13.3. The molecule has 1 aromatic carbocycles. The average Bonchev–Trinajstić information content (AvgIpc) is 2.80. The fourth-order valence-corrected chi connectivity index (χ4v) is 3.55. The Bertz CT molecular complexity index is 710. The summed E-state index contributed by atoms with van der Waals surface area (Å²) in [6.07, 6.45) is 0.933. The van der Waals surface area contributed by atoms with Crippen LogP contribution in [0.15, 0.2) is 29.2 Å². The van der Waals surface area contributed by atoms with Crippen LogP contribution in [0, 0.1) is 6.92 Å². The molecule has 10 heteroatoms. The van der Waals surface area contributed by atoms with Gasteiger partial charge in [-0.15, -0.1) is 0 Å². The molecule has 1 rings (SSSR count). The van der Waals surface area contributed by atoms with E-state index in [2.05, 4.69) is 6.92 Å². The van der Waals surface area contributed by atoms with E-state index in [9.17, 15) is 8.42 Å². The van der Waals surface area contributed by atoms with Crippen molar-refractivity contribution in [3.8, 4) is 0 Å². The number of ether oxygens (including phenoxy) is 6. The Labute approximate surface area is 205 Å². The van der Waals surface area contributed by atoms with E-state index >= 15 is 0 Å². The molecule has 2 atom stereocenters. The second kappa shape index (κ2) is 19.1.